The van der Waals surface area contributed by atoms with Crippen LogP contribution in [0.4, 0.5) is 11.5 Å². The Kier molecular flexibility index (Phi) is 6.52. The van der Waals surface area contributed by atoms with Gasteiger partial charge in [-0.25, -0.2) is 4.98 Å². The lowest BCUT2D eigenvalue weighted by Gasteiger charge is -2.27. The van der Waals surface area contributed by atoms with Crippen molar-refractivity contribution in [1.82, 2.24) is 14.9 Å². The molecule has 0 saturated carbocycles. The number of pyridine rings is 1. The zero-order valence-electron chi connectivity index (χ0n) is 16.1. The Morgan fingerprint density at radius 1 is 1.34 bits per heavy atom. The van der Waals surface area contributed by atoms with Gasteiger partial charge in [0, 0.05) is 35.9 Å². The van der Waals surface area contributed by atoms with Crippen LogP contribution in [0, 0.1) is 6.92 Å². The molecule has 0 bridgehead atoms. The summed E-state index contributed by atoms with van der Waals surface area (Å²) in [6.07, 6.45) is 3.50. The summed E-state index contributed by atoms with van der Waals surface area (Å²) in [5.41, 5.74) is 3.02. The molecule has 2 aromatic heterocycles. The molecule has 29 heavy (non-hydrogen) atoms. The van der Waals surface area contributed by atoms with E-state index in [9.17, 15) is 4.79 Å². The third kappa shape index (κ3) is 4.12. The number of ether oxygens (including phenoxy) is 2. The highest BCUT2D eigenvalue weighted by atomic mass is 35.5. The highest BCUT2D eigenvalue weighted by Crippen LogP contribution is 2.34. The Balaban J connectivity index is 0.00000240. The minimum absolute atomic E-state index is 0. The molecule has 4 rings (SSSR count). The molecular weight excluding hydrogens is 415 g/mol. The average molecular weight is 437 g/mol. The van der Waals surface area contributed by atoms with E-state index in [-0.39, 0.29) is 18.3 Å². The van der Waals surface area contributed by atoms with Gasteiger partial charge in [0.15, 0.2) is 5.82 Å². The normalized spacial score (nSPS) is 13.8. The fourth-order valence-electron chi connectivity index (χ4n) is 3.41. The van der Waals surface area contributed by atoms with E-state index >= 15 is 0 Å². The minimum Gasteiger partial charge on any atom is -0.495 e. The van der Waals surface area contributed by atoms with Crippen LogP contribution in [0.2, 0.25) is 5.02 Å². The summed E-state index contributed by atoms with van der Waals surface area (Å²) >= 11 is 6.13. The summed E-state index contributed by atoms with van der Waals surface area (Å²) in [4.78, 5) is 22.6. The quantitative estimate of drug-likeness (QED) is 0.641. The molecule has 9 heteroatoms. The highest BCUT2D eigenvalue weighted by molar-refractivity contribution is 6.31. The Bertz CT molecular complexity index is 1030. The zero-order chi connectivity index (χ0) is 19.7. The van der Waals surface area contributed by atoms with Crippen molar-refractivity contribution >= 4 is 52.3 Å². The zero-order valence-corrected chi connectivity index (χ0v) is 17.7. The lowest BCUT2D eigenvalue weighted by Crippen LogP contribution is -2.40. The summed E-state index contributed by atoms with van der Waals surface area (Å²) in [6.45, 7) is 4.26. The number of nitrogens with zero attached hydrogens (tertiary/aromatic N) is 2. The van der Waals surface area contributed by atoms with E-state index in [4.69, 9.17) is 21.1 Å². The van der Waals surface area contributed by atoms with Crippen LogP contribution in [0.15, 0.2) is 30.6 Å². The summed E-state index contributed by atoms with van der Waals surface area (Å²) in [7, 11) is 1.60. The number of H-pyrrole nitrogens is 1. The van der Waals surface area contributed by atoms with Gasteiger partial charge in [-0.05, 0) is 30.7 Å². The smallest absolute Gasteiger partial charge is 0.256 e. The molecule has 154 valence electrons. The van der Waals surface area contributed by atoms with E-state index in [0.717, 1.165) is 16.5 Å². The van der Waals surface area contributed by atoms with Crippen LogP contribution in [0.3, 0.4) is 0 Å². The second kappa shape index (κ2) is 8.90. The van der Waals surface area contributed by atoms with Crippen molar-refractivity contribution in [2.45, 2.75) is 6.92 Å². The molecule has 7 nitrogen and oxygen atoms in total. The van der Waals surface area contributed by atoms with Gasteiger partial charge < -0.3 is 24.7 Å². The van der Waals surface area contributed by atoms with E-state index in [1.807, 2.05) is 13.1 Å². The number of aromatic nitrogens is 2. The number of morpholine rings is 1. The minimum atomic E-state index is -0.0320. The molecule has 3 heterocycles. The summed E-state index contributed by atoms with van der Waals surface area (Å²) in [5.74, 6) is 1.22. The van der Waals surface area contributed by atoms with Crippen molar-refractivity contribution in [1.29, 1.82) is 0 Å². The van der Waals surface area contributed by atoms with Crippen LogP contribution >= 0.6 is 24.0 Å². The maximum atomic E-state index is 13.0. The number of aromatic amines is 1. The maximum absolute atomic E-state index is 13.0. The van der Waals surface area contributed by atoms with Crippen LogP contribution < -0.4 is 10.1 Å². The number of rotatable bonds is 4. The molecule has 0 unspecified atom stereocenters. The first-order chi connectivity index (χ1) is 13.6. The van der Waals surface area contributed by atoms with E-state index in [1.165, 1.54) is 0 Å². The van der Waals surface area contributed by atoms with Crippen LogP contribution in [0.5, 0.6) is 5.75 Å². The first-order valence-electron chi connectivity index (χ1n) is 9.02. The Morgan fingerprint density at radius 3 is 2.83 bits per heavy atom. The van der Waals surface area contributed by atoms with E-state index in [2.05, 4.69) is 15.3 Å². The second-order valence-electron chi connectivity index (χ2n) is 6.62. The van der Waals surface area contributed by atoms with Crippen molar-refractivity contribution in [3.05, 3.63) is 46.7 Å². The highest BCUT2D eigenvalue weighted by Gasteiger charge is 2.23. The fraction of sp³-hybridized carbons (Fsp3) is 0.300. The third-order valence-electron chi connectivity index (χ3n) is 4.85. The number of methoxy groups -OCH3 is 1. The number of halogens is 2. The number of amides is 1. The number of fused-ring (bicyclic) bond motifs is 1. The molecule has 1 aromatic carbocycles. The summed E-state index contributed by atoms with van der Waals surface area (Å²) < 4.78 is 10.7. The molecule has 3 aromatic rings. The molecule has 0 atom stereocenters. The van der Waals surface area contributed by atoms with Gasteiger partial charge in [-0.2, -0.15) is 0 Å². The van der Waals surface area contributed by atoms with Crippen LogP contribution in [-0.4, -0.2) is 54.2 Å². The van der Waals surface area contributed by atoms with Crippen molar-refractivity contribution in [3.8, 4) is 5.75 Å². The van der Waals surface area contributed by atoms with E-state index < -0.39 is 0 Å². The molecule has 1 fully saturated rings. The Labute approximate surface area is 179 Å². The number of benzene rings is 1. The van der Waals surface area contributed by atoms with Gasteiger partial charge in [0.2, 0.25) is 0 Å². The summed E-state index contributed by atoms with van der Waals surface area (Å²) in [6, 6.07) is 5.33. The summed E-state index contributed by atoms with van der Waals surface area (Å²) in [5, 5.41) is 4.71. The molecule has 1 saturated heterocycles. The SMILES string of the molecule is COc1ccc(Cl)cc1Nc1ncc(C(=O)N2CCOCC2)c2c(C)c[nH]c12.Cl. The van der Waals surface area contributed by atoms with Gasteiger partial charge in [0.25, 0.3) is 5.91 Å². The number of hydrogen-bond acceptors (Lipinski definition) is 5. The molecule has 0 radical (unpaired) electrons. The van der Waals surface area contributed by atoms with Gasteiger partial charge in [-0.15, -0.1) is 12.4 Å². The number of carbonyl (C=O) groups excluding carboxylic acids is 1. The number of anilines is 2. The number of hydrogen-bond donors (Lipinski definition) is 2. The van der Waals surface area contributed by atoms with Gasteiger partial charge in [-0.3, -0.25) is 4.79 Å². The number of nitrogens with one attached hydrogen (secondary N) is 2. The van der Waals surface area contributed by atoms with Crippen LogP contribution in [0.25, 0.3) is 10.9 Å². The molecule has 1 aliphatic heterocycles. The lowest BCUT2D eigenvalue weighted by molar-refractivity contribution is 0.0304. The molecular formula is C20H22Cl2N4O3. The Morgan fingerprint density at radius 2 is 2.10 bits per heavy atom. The van der Waals surface area contributed by atoms with Crippen LogP contribution in [0.1, 0.15) is 15.9 Å². The largest absolute Gasteiger partial charge is 0.495 e. The van der Waals surface area contributed by atoms with E-state index in [1.54, 1.807) is 36.4 Å². The number of carbonyl (C=O) groups is 1. The predicted molar refractivity (Wildman–Crippen MR) is 116 cm³/mol. The molecule has 0 spiro atoms. The Hall–Kier alpha value is -2.48. The van der Waals surface area contributed by atoms with Crippen molar-refractivity contribution in [3.63, 3.8) is 0 Å². The van der Waals surface area contributed by atoms with Gasteiger partial charge in [0.1, 0.15) is 5.75 Å². The van der Waals surface area contributed by atoms with Gasteiger partial charge in [-0.1, -0.05) is 11.6 Å². The topological polar surface area (TPSA) is 79.5 Å². The van der Waals surface area contributed by atoms with Crippen LogP contribution in [-0.2, 0) is 4.74 Å². The number of aryl methyl sites for hydroxylation is 1. The monoisotopic (exact) mass is 436 g/mol. The average Bonchev–Trinajstić information content (AvgIpc) is 3.11. The third-order valence-corrected chi connectivity index (χ3v) is 5.08. The van der Waals surface area contributed by atoms with Crippen molar-refractivity contribution < 1.29 is 14.3 Å². The van der Waals surface area contributed by atoms with E-state index in [0.29, 0.717) is 54.1 Å². The molecule has 1 aliphatic rings. The molecule has 1 amide bonds. The molecule has 0 aliphatic carbocycles. The van der Waals surface area contributed by atoms with Crippen molar-refractivity contribution in [2.24, 2.45) is 0 Å². The predicted octanol–water partition coefficient (Wildman–Crippen LogP) is 4.17. The standard InChI is InChI=1S/C20H21ClN4O3.ClH/c1-12-10-22-18-17(12)14(20(26)25-5-7-28-8-6-25)11-23-19(18)24-15-9-13(21)3-4-16(15)27-2;/h3-4,9-11,22H,5-8H2,1-2H3,(H,23,24);1H. The second-order valence-corrected chi connectivity index (χ2v) is 7.05. The van der Waals surface area contributed by atoms with Crippen molar-refractivity contribution in [2.75, 3.05) is 38.7 Å². The fourth-order valence-corrected chi connectivity index (χ4v) is 3.59. The molecule has 2 N–H and O–H groups in total. The lowest BCUT2D eigenvalue weighted by atomic mass is 10.1. The van der Waals surface area contributed by atoms with Gasteiger partial charge in [0.05, 0.1) is 37.1 Å². The van der Waals surface area contributed by atoms with Gasteiger partial charge >= 0.3 is 0 Å². The first kappa shape index (κ1) is 21.2. The maximum Gasteiger partial charge on any atom is 0.256 e. The first-order valence-corrected chi connectivity index (χ1v) is 9.40.